The quantitative estimate of drug-likeness (QED) is 0.879. The van der Waals surface area contributed by atoms with Crippen molar-refractivity contribution in [3.05, 3.63) is 40.4 Å². The summed E-state index contributed by atoms with van der Waals surface area (Å²) in [6.45, 7) is 5.42. The van der Waals surface area contributed by atoms with Crippen LogP contribution in [0.15, 0.2) is 29.0 Å². The van der Waals surface area contributed by atoms with Crippen LogP contribution in [-0.2, 0) is 20.2 Å². The number of aromatic nitrogens is 3. The Bertz CT molecular complexity index is 568. The van der Waals surface area contributed by atoms with Gasteiger partial charge in [-0.1, -0.05) is 29.8 Å². The summed E-state index contributed by atoms with van der Waals surface area (Å²) in [7, 11) is 1.86. The number of ether oxygens (including phenoxy) is 1. The van der Waals surface area contributed by atoms with Gasteiger partial charge in [-0.25, -0.2) is 4.98 Å². The third-order valence-electron chi connectivity index (χ3n) is 2.89. The highest BCUT2D eigenvalue weighted by Gasteiger charge is 2.08. The summed E-state index contributed by atoms with van der Waals surface area (Å²) >= 11 is 3.49. The van der Waals surface area contributed by atoms with Gasteiger partial charge in [-0.3, -0.25) is 4.68 Å². The van der Waals surface area contributed by atoms with Crippen molar-refractivity contribution < 1.29 is 4.74 Å². The molecule has 20 heavy (non-hydrogen) atoms. The third kappa shape index (κ3) is 4.05. The Morgan fingerprint density at radius 3 is 2.85 bits per heavy atom. The summed E-state index contributed by atoms with van der Waals surface area (Å²) in [5.41, 5.74) is 1.12. The van der Waals surface area contributed by atoms with Gasteiger partial charge in [0.05, 0.1) is 0 Å². The van der Waals surface area contributed by atoms with E-state index in [1.165, 1.54) is 6.33 Å². The van der Waals surface area contributed by atoms with Crippen LogP contribution in [-0.4, -0.2) is 20.8 Å². The zero-order valence-electron chi connectivity index (χ0n) is 11.9. The van der Waals surface area contributed by atoms with Gasteiger partial charge in [0.1, 0.15) is 18.7 Å². The molecule has 5 nitrogen and oxygen atoms in total. The first-order valence-electron chi connectivity index (χ1n) is 6.53. The van der Waals surface area contributed by atoms with Gasteiger partial charge in [-0.2, -0.15) is 5.10 Å². The smallest absolute Gasteiger partial charge is 0.164 e. The third-order valence-corrected chi connectivity index (χ3v) is 3.38. The SMILES string of the molecule is CC(C)NCc1cc(Br)ccc1OCc1ncnn1C. The zero-order chi connectivity index (χ0) is 14.5. The first-order chi connectivity index (χ1) is 9.56. The van der Waals surface area contributed by atoms with Crippen molar-refractivity contribution in [1.29, 1.82) is 0 Å². The fraction of sp³-hybridized carbons (Fsp3) is 0.429. The molecule has 0 unspecified atom stereocenters. The lowest BCUT2D eigenvalue weighted by atomic mass is 10.2. The monoisotopic (exact) mass is 338 g/mol. The Labute approximate surface area is 127 Å². The van der Waals surface area contributed by atoms with Crippen LogP contribution in [0.25, 0.3) is 0 Å². The Hall–Kier alpha value is -1.40. The largest absolute Gasteiger partial charge is 0.485 e. The summed E-state index contributed by atoms with van der Waals surface area (Å²) in [5, 5.41) is 7.43. The number of rotatable bonds is 6. The molecule has 0 radical (unpaired) electrons. The van der Waals surface area contributed by atoms with Crippen LogP contribution in [0.1, 0.15) is 25.2 Å². The number of hydrogen-bond acceptors (Lipinski definition) is 4. The van der Waals surface area contributed by atoms with Gasteiger partial charge in [-0.05, 0) is 18.2 Å². The number of aryl methyl sites for hydroxylation is 1. The number of benzene rings is 1. The van der Waals surface area contributed by atoms with Gasteiger partial charge in [0.15, 0.2) is 5.82 Å². The molecule has 1 heterocycles. The minimum absolute atomic E-state index is 0.410. The van der Waals surface area contributed by atoms with Gasteiger partial charge in [0.2, 0.25) is 0 Å². The minimum atomic E-state index is 0.410. The number of nitrogens with one attached hydrogen (secondary N) is 1. The molecular weight excluding hydrogens is 320 g/mol. The van der Waals surface area contributed by atoms with Crippen molar-refractivity contribution in [1.82, 2.24) is 20.1 Å². The molecule has 1 aromatic heterocycles. The number of nitrogens with zero attached hydrogens (tertiary/aromatic N) is 3. The molecule has 0 bridgehead atoms. The van der Waals surface area contributed by atoms with E-state index in [9.17, 15) is 0 Å². The molecule has 0 spiro atoms. The molecule has 0 saturated carbocycles. The average Bonchev–Trinajstić information content (AvgIpc) is 2.81. The van der Waals surface area contributed by atoms with E-state index in [1.54, 1.807) is 4.68 Å². The standard InChI is InChI=1S/C14H19BrN4O/c1-10(2)16-7-11-6-12(15)4-5-13(11)20-8-14-17-9-18-19(14)3/h4-6,9-10,16H,7-8H2,1-3H3. The second-order valence-electron chi connectivity index (χ2n) is 4.88. The van der Waals surface area contributed by atoms with Gasteiger partial charge >= 0.3 is 0 Å². The summed E-state index contributed by atoms with van der Waals surface area (Å²) < 4.78 is 8.62. The van der Waals surface area contributed by atoms with Gasteiger partial charge in [-0.15, -0.1) is 0 Å². The van der Waals surface area contributed by atoms with Crippen LogP contribution in [0.3, 0.4) is 0 Å². The van der Waals surface area contributed by atoms with Gasteiger partial charge in [0, 0.05) is 29.7 Å². The average molecular weight is 339 g/mol. The summed E-state index contributed by atoms with van der Waals surface area (Å²) in [6, 6.07) is 6.45. The molecule has 0 aliphatic heterocycles. The molecule has 2 rings (SSSR count). The van der Waals surface area contributed by atoms with Crippen molar-refractivity contribution in [3.8, 4) is 5.75 Å². The second kappa shape index (κ2) is 6.85. The Balaban J connectivity index is 2.08. The second-order valence-corrected chi connectivity index (χ2v) is 5.79. The fourth-order valence-electron chi connectivity index (χ4n) is 1.73. The van der Waals surface area contributed by atoms with Crippen LogP contribution in [0, 0.1) is 0 Å². The highest BCUT2D eigenvalue weighted by Crippen LogP contribution is 2.24. The predicted molar refractivity (Wildman–Crippen MR) is 81.5 cm³/mol. The Morgan fingerprint density at radius 2 is 2.20 bits per heavy atom. The van der Waals surface area contributed by atoms with E-state index in [2.05, 4.69) is 51.2 Å². The van der Waals surface area contributed by atoms with Crippen molar-refractivity contribution in [2.24, 2.45) is 7.05 Å². The van der Waals surface area contributed by atoms with E-state index in [-0.39, 0.29) is 0 Å². The summed E-state index contributed by atoms with van der Waals surface area (Å²) in [4.78, 5) is 4.15. The van der Waals surface area contributed by atoms with Crippen molar-refractivity contribution in [2.75, 3.05) is 0 Å². The molecule has 108 valence electrons. The van der Waals surface area contributed by atoms with Crippen LogP contribution < -0.4 is 10.1 Å². The fourth-order valence-corrected chi connectivity index (χ4v) is 2.14. The topological polar surface area (TPSA) is 52.0 Å². The molecule has 0 aliphatic rings. The lowest BCUT2D eigenvalue weighted by molar-refractivity contribution is 0.286. The molecule has 6 heteroatoms. The van der Waals surface area contributed by atoms with Crippen molar-refractivity contribution >= 4 is 15.9 Å². The molecule has 1 N–H and O–H groups in total. The van der Waals surface area contributed by atoms with Gasteiger partial charge in [0.25, 0.3) is 0 Å². The number of halogens is 1. The molecule has 0 aliphatic carbocycles. The van der Waals surface area contributed by atoms with Crippen LogP contribution in [0.4, 0.5) is 0 Å². The van der Waals surface area contributed by atoms with E-state index < -0.39 is 0 Å². The molecule has 0 amide bonds. The Kier molecular flexibility index (Phi) is 5.14. The number of hydrogen-bond donors (Lipinski definition) is 1. The van der Waals surface area contributed by atoms with Crippen LogP contribution in [0.5, 0.6) is 5.75 Å². The minimum Gasteiger partial charge on any atom is -0.485 e. The maximum absolute atomic E-state index is 5.87. The maximum atomic E-state index is 5.87. The first-order valence-corrected chi connectivity index (χ1v) is 7.33. The zero-order valence-corrected chi connectivity index (χ0v) is 13.5. The van der Waals surface area contributed by atoms with E-state index in [1.807, 2.05) is 19.2 Å². The summed E-state index contributed by atoms with van der Waals surface area (Å²) in [6.07, 6.45) is 1.53. The van der Waals surface area contributed by atoms with E-state index in [0.717, 1.165) is 28.2 Å². The molecule has 1 aromatic carbocycles. The van der Waals surface area contributed by atoms with Crippen LogP contribution in [0.2, 0.25) is 0 Å². The molecule has 2 aromatic rings. The molecule has 0 atom stereocenters. The highest BCUT2D eigenvalue weighted by atomic mass is 79.9. The lowest BCUT2D eigenvalue weighted by Gasteiger charge is -2.14. The van der Waals surface area contributed by atoms with E-state index >= 15 is 0 Å². The van der Waals surface area contributed by atoms with Crippen LogP contribution >= 0.6 is 15.9 Å². The predicted octanol–water partition coefficient (Wildman–Crippen LogP) is 2.65. The maximum Gasteiger partial charge on any atom is 0.164 e. The summed E-state index contributed by atoms with van der Waals surface area (Å²) in [5.74, 6) is 1.67. The molecule has 0 fully saturated rings. The molecule has 0 saturated heterocycles. The molecular formula is C14H19BrN4O. The van der Waals surface area contributed by atoms with Crippen molar-refractivity contribution in [3.63, 3.8) is 0 Å². The highest BCUT2D eigenvalue weighted by molar-refractivity contribution is 9.10. The first kappa shape index (κ1) is 15.0. The Morgan fingerprint density at radius 1 is 1.40 bits per heavy atom. The van der Waals surface area contributed by atoms with E-state index in [4.69, 9.17) is 4.74 Å². The normalized spacial score (nSPS) is 11.1. The van der Waals surface area contributed by atoms with E-state index in [0.29, 0.717) is 12.6 Å². The lowest BCUT2D eigenvalue weighted by Crippen LogP contribution is -2.22. The van der Waals surface area contributed by atoms with Crippen molar-refractivity contribution in [2.45, 2.75) is 33.0 Å². The van der Waals surface area contributed by atoms with Gasteiger partial charge < -0.3 is 10.1 Å².